The lowest BCUT2D eigenvalue weighted by Gasteiger charge is -2.26. The highest BCUT2D eigenvalue weighted by Crippen LogP contribution is 2.16. The Morgan fingerprint density at radius 2 is 1.88 bits per heavy atom. The maximum absolute atomic E-state index is 5.86. The standard InChI is InChI=1S/C13H21N3/c14-12-6-2-3-7-13(12)15-8-11-16-9-4-1-5-10-16/h2-3,6-7,15H,1,4-5,8-11,14H2. The van der Waals surface area contributed by atoms with Crippen LogP contribution in [0.5, 0.6) is 0 Å². The molecule has 0 saturated carbocycles. The van der Waals surface area contributed by atoms with Crippen LogP contribution in [0.2, 0.25) is 0 Å². The summed E-state index contributed by atoms with van der Waals surface area (Å²) in [5.74, 6) is 0. The summed E-state index contributed by atoms with van der Waals surface area (Å²) in [6.07, 6.45) is 4.11. The predicted molar refractivity (Wildman–Crippen MR) is 69.6 cm³/mol. The normalized spacial score (nSPS) is 17.2. The van der Waals surface area contributed by atoms with Gasteiger partial charge < -0.3 is 16.0 Å². The van der Waals surface area contributed by atoms with E-state index in [1.54, 1.807) is 0 Å². The van der Waals surface area contributed by atoms with Crippen LogP contribution < -0.4 is 11.1 Å². The molecule has 1 aromatic carbocycles. The van der Waals surface area contributed by atoms with Crippen molar-refractivity contribution in [2.24, 2.45) is 0 Å². The Kier molecular flexibility index (Phi) is 4.05. The first-order valence-corrected chi connectivity index (χ1v) is 6.17. The smallest absolute Gasteiger partial charge is 0.0574 e. The lowest BCUT2D eigenvalue weighted by molar-refractivity contribution is 0.237. The highest BCUT2D eigenvalue weighted by Gasteiger charge is 2.08. The van der Waals surface area contributed by atoms with Gasteiger partial charge in [-0.1, -0.05) is 18.6 Å². The van der Waals surface area contributed by atoms with Crippen LogP contribution in [0, 0.1) is 0 Å². The average Bonchev–Trinajstić information content (AvgIpc) is 2.33. The van der Waals surface area contributed by atoms with E-state index in [0.717, 1.165) is 24.5 Å². The molecule has 1 aliphatic rings. The molecule has 1 saturated heterocycles. The van der Waals surface area contributed by atoms with Gasteiger partial charge in [0, 0.05) is 13.1 Å². The number of nitrogens with two attached hydrogens (primary N) is 1. The van der Waals surface area contributed by atoms with E-state index in [1.807, 2.05) is 24.3 Å². The number of anilines is 2. The number of nitrogens with zero attached hydrogens (tertiary/aromatic N) is 1. The number of hydrogen-bond acceptors (Lipinski definition) is 3. The van der Waals surface area contributed by atoms with Crippen LogP contribution in [0.15, 0.2) is 24.3 Å². The van der Waals surface area contributed by atoms with Crippen molar-refractivity contribution in [1.82, 2.24) is 4.90 Å². The van der Waals surface area contributed by atoms with Crippen LogP contribution >= 0.6 is 0 Å². The number of likely N-dealkylation sites (tertiary alicyclic amines) is 1. The molecule has 1 fully saturated rings. The monoisotopic (exact) mass is 219 g/mol. The number of nitrogen functional groups attached to an aromatic ring is 1. The second-order valence-electron chi connectivity index (χ2n) is 4.42. The topological polar surface area (TPSA) is 41.3 Å². The average molecular weight is 219 g/mol. The molecule has 0 aliphatic carbocycles. The summed E-state index contributed by atoms with van der Waals surface area (Å²) < 4.78 is 0. The van der Waals surface area contributed by atoms with E-state index in [1.165, 1.54) is 32.4 Å². The first kappa shape index (κ1) is 11.3. The van der Waals surface area contributed by atoms with Crippen molar-refractivity contribution in [1.29, 1.82) is 0 Å². The van der Waals surface area contributed by atoms with Gasteiger partial charge in [-0.15, -0.1) is 0 Å². The Bertz CT molecular complexity index is 319. The Hall–Kier alpha value is -1.22. The third-order valence-corrected chi connectivity index (χ3v) is 3.15. The van der Waals surface area contributed by atoms with Gasteiger partial charge in [0.2, 0.25) is 0 Å². The van der Waals surface area contributed by atoms with E-state index in [0.29, 0.717) is 0 Å². The zero-order valence-corrected chi connectivity index (χ0v) is 9.78. The van der Waals surface area contributed by atoms with Crippen molar-refractivity contribution in [3.8, 4) is 0 Å². The van der Waals surface area contributed by atoms with E-state index >= 15 is 0 Å². The van der Waals surface area contributed by atoms with E-state index in [4.69, 9.17) is 5.73 Å². The molecule has 0 unspecified atom stereocenters. The third kappa shape index (κ3) is 3.14. The molecule has 3 nitrogen and oxygen atoms in total. The van der Waals surface area contributed by atoms with Crippen LogP contribution in [0.25, 0.3) is 0 Å². The molecule has 1 aromatic rings. The summed E-state index contributed by atoms with van der Waals surface area (Å²) in [7, 11) is 0. The third-order valence-electron chi connectivity index (χ3n) is 3.15. The van der Waals surface area contributed by atoms with Gasteiger partial charge in [0.15, 0.2) is 0 Å². The Labute approximate surface area is 97.6 Å². The number of nitrogens with one attached hydrogen (secondary N) is 1. The summed E-state index contributed by atoms with van der Waals surface area (Å²) in [4.78, 5) is 2.52. The quantitative estimate of drug-likeness (QED) is 0.763. The molecular formula is C13H21N3. The SMILES string of the molecule is Nc1ccccc1NCCN1CCCCC1. The summed E-state index contributed by atoms with van der Waals surface area (Å²) >= 11 is 0. The van der Waals surface area contributed by atoms with Gasteiger partial charge in [-0.05, 0) is 38.1 Å². The molecule has 2 rings (SSSR count). The minimum Gasteiger partial charge on any atom is -0.397 e. The van der Waals surface area contributed by atoms with E-state index in [2.05, 4.69) is 10.2 Å². The van der Waals surface area contributed by atoms with Crippen LogP contribution in [-0.4, -0.2) is 31.1 Å². The largest absolute Gasteiger partial charge is 0.397 e. The van der Waals surface area contributed by atoms with E-state index in [9.17, 15) is 0 Å². The first-order valence-electron chi connectivity index (χ1n) is 6.17. The molecule has 3 heteroatoms. The molecule has 1 aliphatic heterocycles. The van der Waals surface area contributed by atoms with Crippen LogP contribution in [0.4, 0.5) is 11.4 Å². The Morgan fingerprint density at radius 1 is 1.12 bits per heavy atom. The van der Waals surface area contributed by atoms with Crippen molar-refractivity contribution in [2.75, 3.05) is 37.2 Å². The van der Waals surface area contributed by atoms with Gasteiger partial charge in [-0.3, -0.25) is 0 Å². The zero-order valence-electron chi connectivity index (χ0n) is 9.78. The minimum atomic E-state index is 0.834. The highest BCUT2D eigenvalue weighted by molar-refractivity contribution is 5.65. The second kappa shape index (κ2) is 5.75. The zero-order chi connectivity index (χ0) is 11.2. The molecule has 3 N–H and O–H groups in total. The van der Waals surface area contributed by atoms with Crippen molar-refractivity contribution in [3.05, 3.63) is 24.3 Å². The molecule has 1 heterocycles. The number of para-hydroxylation sites is 2. The molecular weight excluding hydrogens is 198 g/mol. The van der Waals surface area contributed by atoms with Crippen LogP contribution in [0.3, 0.4) is 0 Å². The Balaban J connectivity index is 1.73. The van der Waals surface area contributed by atoms with Crippen molar-refractivity contribution < 1.29 is 0 Å². The first-order chi connectivity index (χ1) is 7.86. The Morgan fingerprint density at radius 3 is 2.62 bits per heavy atom. The number of hydrogen-bond donors (Lipinski definition) is 2. The lowest BCUT2D eigenvalue weighted by Crippen LogP contribution is -2.33. The van der Waals surface area contributed by atoms with Gasteiger partial charge >= 0.3 is 0 Å². The molecule has 0 spiro atoms. The molecule has 0 bridgehead atoms. The fourth-order valence-electron chi connectivity index (χ4n) is 2.19. The van der Waals surface area contributed by atoms with Gasteiger partial charge in [-0.25, -0.2) is 0 Å². The van der Waals surface area contributed by atoms with Crippen molar-refractivity contribution >= 4 is 11.4 Å². The number of benzene rings is 1. The molecule has 88 valence electrons. The van der Waals surface area contributed by atoms with Gasteiger partial charge in [0.05, 0.1) is 11.4 Å². The molecule has 0 aromatic heterocycles. The summed E-state index contributed by atoms with van der Waals surface area (Å²) in [6, 6.07) is 7.94. The van der Waals surface area contributed by atoms with Crippen molar-refractivity contribution in [2.45, 2.75) is 19.3 Å². The molecule has 0 radical (unpaired) electrons. The summed E-state index contributed by atoms with van der Waals surface area (Å²) in [6.45, 7) is 4.61. The van der Waals surface area contributed by atoms with E-state index < -0.39 is 0 Å². The maximum Gasteiger partial charge on any atom is 0.0574 e. The van der Waals surface area contributed by atoms with Gasteiger partial charge in [0.1, 0.15) is 0 Å². The second-order valence-corrected chi connectivity index (χ2v) is 4.42. The van der Waals surface area contributed by atoms with E-state index in [-0.39, 0.29) is 0 Å². The fourth-order valence-corrected chi connectivity index (χ4v) is 2.19. The number of rotatable bonds is 4. The molecule has 16 heavy (non-hydrogen) atoms. The van der Waals surface area contributed by atoms with Gasteiger partial charge in [-0.2, -0.15) is 0 Å². The van der Waals surface area contributed by atoms with Crippen LogP contribution in [0.1, 0.15) is 19.3 Å². The summed E-state index contributed by atoms with van der Waals surface area (Å²) in [5, 5.41) is 3.39. The van der Waals surface area contributed by atoms with Crippen molar-refractivity contribution in [3.63, 3.8) is 0 Å². The van der Waals surface area contributed by atoms with Gasteiger partial charge in [0.25, 0.3) is 0 Å². The highest BCUT2D eigenvalue weighted by atomic mass is 15.1. The molecule has 0 amide bonds. The summed E-state index contributed by atoms with van der Waals surface area (Å²) in [5.41, 5.74) is 7.75. The number of piperidine rings is 1. The maximum atomic E-state index is 5.86. The fraction of sp³-hybridized carbons (Fsp3) is 0.538. The molecule has 0 atom stereocenters. The minimum absolute atomic E-state index is 0.834. The predicted octanol–water partition coefficient (Wildman–Crippen LogP) is 2.17. The van der Waals surface area contributed by atoms with Crippen LogP contribution in [-0.2, 0) is 0 Å². The lowest BCUT2D eigenvalue weighted by atomic mass is 10.1.